The van der Waals surface area contributed by atoms with E-state index in [4.69, 9.17) is 0 Å². The topological polar surface area (TPSA) is 36.1 Å². The fourth-order valence-corrected chi connectivity index (χ4v) is 3.69. The van der Waals surface area contributed by atoms with Crippen molar-refractivity contribution in [1.82, 2.24) is 16.0 Å². The second-order valence-electron chi connectivity index (χ2n) is 7.24. The molecule has 3 aromatic rings. The van der Waals surface area contributed by atoms with Gasteiger partial charge in [-0.15, -0.1) is 37.2 Å². The fourth-order valence-electron chi connectivity index (χ4n) is 3.69. The van der Waals surface area contributed by atoms with Crippen LogP contribution in [0.5, 0.6) is 0 Å². The minimum atomic E-state index is 0. The molecule has 0 fully saturated rings. The van der Waals surface area contributed by atoms with Crippen molar-refractivity contribution >= 4 is 58.8 Å². The van der Waals surface area contributed by atoms with E-state index in [0.717, 1.165) is 32.7 Å². The zero-order valence-corrected chi connectivity index (χ0v) is 20.2. The van der Waals surface area contributed by atoms with E-state index in [2.05, 4.69) is 70.5 Å². The van der Waals surface area contributed by atoms with E-state index in [9.17, 15) is 0 Å². The van der Waals surface area contributed by atoms with E-state index in [1.165, 1.54) is 52.8 Å². The van der Waals surface area contributed by atoms with Gasteiger partial charge in [0.2, 0.25) is 0 Å². The summed E-state index contributed by atoms with van der Waals surface area (Å²) in [7, 11) is 2.02. The summed E-state index contributed by atoms with van der Waals surface area (Å²) in [5, 5.41) is 15.8. The second-order valence-corrected chi connectivity index (χ2v) is 7.24. The molecule has 3 rings (SSSR count). The zero-order valence-electron chi connectivity index (χ0n) is 17.8. The Morgan fingerprint density at radius 2 is 1.07 bits per heavy atom. The molecule has 0 heterocycles. The standard InChI is InChI=1S/C24H33N3.3ClH/c1-25-14-6-7-15-26-16-8-9-17-27-19-24-22-12-4-2-10-20(22)18-21-11-3-5-13-23(21)24;;;/h2-5,10-13,18,25-27H,6-9,14-17,19H2,1H3;3*1H. The maximum absolute atomic E-state index is 3.67. The maximum Gasteiger partial charge on any atom is 0.0217 e. The molecule has 0 aliphatic rings. The first kappa shape index (κ1) is 28.9. The number of unbranched alkanes of at least 4 members (excludes halogenated alkanes) is 2. The van der Waals surface area contributed by atoms with Gasteiger partial charge in [0, 0.05) is 6.54 Å². The van der Waals surface area contributed by atoms with Gasteiger partial charge in [-0.3, -0.25) is 0 Å². The molecule has 0 aliphatic heterocycles. The number of benzene rings is 3. The van der Waals surface area contributed by atoms with Gasteiger partial charge in [-0.2, -0.15) is 0 Å². The summed E-state index contributed by atoms with van der Waals surface area (Å²) in [6, 6.07) is 19.8. The van der Waals surface area contributed by atoms with E-state index in [1.807, 2.05) is 7.05 Å². The SMILES string of the molecule is CNCCCCNCCCCNCc1c2ccccc2cc2ccccc12.Cl.Cl.Cl. The van der Waals surface area contributed by atoms with Crippen LogP contribution in [0.15, 0.2) is 54.6 Å². The number of hydrogen-bond acceptors (Lipinski definition) is 3. The maximum atomic E-state index is 3.67. The molecule has 0 bridgehead atoms. The van der Waals surface area contributed by atoms with Gasteiger partial charge in [0.25, 0.3) is 0 Å². The Morgan fingerprint density at radius 1 is 0.600 bits per heavy atom. The normalized spacial score (nSPS) is 10.3. The van der Waals surface area contributed by atoms with Crippen molar-refractivity contribution in [3.63, 3.8) is 0 Å². The molecule has 0 saturated heterocycles. The highest BCUT2D eigenvalue weighted by molar-refractivity contribution is 6.02. The van der Waals surface area contributed by atoms with Crippen LogP contribution in [-0.2, 0) is 6.54 Å². The van der Waals surface area contributed by atoms with Crippen LogP contribution >= 0.6 is 37.2 Å². The lowest BCUT2D eigenvalue weighted by Crippen LogP contribution is -2.20. The number of nitrogens with one attached hydrogen (secondary N) is 3. The second kappa shape index (κ2) is 16.6. The van der Waals surface area contributed by atoms with E-state index in [-0.39, 0.29) is 37.2 Å². The Morgan fingerprint density at radius 3 is 1.60 bits per heavy atom. The molecule has 0 radical (unpaired) electrons. The minimum absolute atomic E-state index is 0. The van der Waals surface area contributed by atoms with Crippen LogP contribution in [0, 0.1) is 0 Å². The smallest absolute Gasteiger partial charge is 0.0217 e. The Kier molecular flexibility index (Phi) is 16.0. The molecule has 0 saturated carbocycles. The summed E-state index contributed by atoms with van der Waals surface area (Å²) in [5.74, 6) is 0. The average Bonchev–Trinajstić information content (AvgIpc) is 2.71. The molecule has 0 spiro atoms. The molecule has 3 N–H and O–H groups in total. The summed E-state index contributed by atoms with van der Waals surface area (Å²) in [5.41, 5.74) is 1.42. The van der Waals surface area contributed by atoms with Crippen LogP contribution in [0.4, 0.5) is 0 Å². The molecule has 0 unspecified atom stereocenters. The molecule has 168 valence electrons. The third-order valence-corrected chi connectivity index (χ3v) is 5.17. The van der Waals surface area contributed by atoms with E-state index in [0.29, 0.717) is 0 Å². The monoisotopic (exact) mass is 471 g/mol. The molecular formula is C24H36Cl3N3. The van der Waals surface area contributed by atoms with E-state index in [1.54, 1.807) is 0 Å². The highest BCUT2D eigenvalue weighted by atomic mass is 35.5. The van der Waals surface area contributed by atoms with Crippen molar-refractivity contribution in [3.05, 3.63) is 60.2 Å². The highest BCUT2D eigenvalue weighted by Gasteiger charge is 2.06. The molecule has 30 heavy (non-hydrogen) atoms. The molecule has 6 heteroatoms. The summed E-state index contributed by atoms with van der Waals surface area (Å²) in [6.45, 7) is 5.38. The molecule has 3 aromatic carbocycles. The lowest BCUT2D eigenvalue weighted by atomic mass is 9.97. The van der Waals surface area contributed by atoms with Crippen molar-refractivity contribution in [3.8, 4) is 0 Å². The van der Waals surface area contributed by atoms with Crippen molar-refractivity contribution < 1.29 is 0 Å². The van der Waals surface area contributed by atoms with Gasteiger partial charge in [-0.1, -0.05) is 48.5 Å². The zero-order chi connectivity index (χ0) is 18.7. The van der Waals surface area contributed by atoms with E-state index < -0.39 is 0 Å². The number of rotatable bonds is 12. The predicted molar refractivity (Wildman–Crippen MR) is 140 cm³/mol. The molecular weight excluding hydrogens is 437 g/mol. The van der Waals surface area contributed by atoms with Gasteiger partial charge < -0.3 is 16.0 Å². The molecule has 0 atom stereocenters. The first-order valence-electron chi connectivity index (χ1n) is 10.4. The third kappa shape index (κ3) is 8.58. The van der Waals surface area contributed by atoms with Gasteiger partial charge in [-0.25, -0.2) is 0 Å². The van der Waals surface area contributed by atoms with Crippen molar-refractivity contribution in [2.45, 2.75) is 32.2 Å². The van der Waals surface area contributed by atoms with Crippen LogP contribution in [0.2, 0.25) is 0 Å². The van der Waals surface area contributed by atoms with Crippen LogP contribution in [0.3, 0.4) is 0 Å². The van der Waals surface area contributed by atoms with Gasteiger partial charge >= 0.3 is 0 Å². The van der Waals surface area contributed by atoms with Crippen LogP contribution < -0.4 is 16.0 Å². The molecule has 0 aromatic heterocycles. The molecule has 0 amide bonds. The summed E-state index contributed by atoms with van der Waals surface area (Å²) in [6.07, 6.45) is 4.96. The minimum Gasteiger partial charge on any atom is -0.320 e. The Labute approximate surface area is 200 Å². The van der Waals surface area contributed by atoms with Crippen molar-refractivity contribution in [1.29, 1.82) is 0 Å². The van der Waals surface area contributed by atoms with Crippen molar-refractivity contribution in [2.75, 3.05) is 33.2 Å². The number of halogens is 3. The lowest BCUT2D eigenvalue weighted by Gasteiger charge is -2.13. The van der Waals surface area contributed by atoms with Crippen LogP contribution in [0.25, 0.3) is 21.5 Å². The summed E-state index contributed by atoms with van der Waals surface area (Å²) in [4.78, 5) is 0. The number of fused-ring (bicyclic) bond motifs is 2. The van der Waals surface area contributed by atoms with Gasteiger partial charge in [0.05, 0.1) is 0 Å². The van der Waals surface area contributed by atoms with Crippen molar-refractivity contribution in [2.24, 2.45) is 0 Å². The number of hydrogen-bond donors (Lipinski definition) is 3. The van der Waals surface area contributed by atoms with Gasteiger partial charge in [0.15, 0.2) is 0 Å². The summed E-state index contributed by atoms with van der Waals surface area (Å²) < 4.78 is 0. The molecule has 3 nitrogen and oxygen atoms in total. The Balaban J connectivity index is 0.00000280. The Bertz CT molecular complexity index is 788. The Hall–Kier alpha value is -1.07. The lowest BCUT2D eigenvalue weighted by molar-refractivity contribution is 0.562. The molecule has 0 aliphatic carbocycles. The van der Waals surface area contributed by atoms with Gasteiger partial charge in [-0.05, 0) is 92.1 Å². The summed E-state index contributed by atoms with van der Waals surface area (Å²) >= 11 is 0. The predicted octanol–water partition coefficient (Wildman–Crippen LogP) is 5.72. The van der Waals surface area contributed by atoms with Crippen LogP contribution in [0.1, 0.15) is 31.2 Å². The fraction of sp³-hybridized carbons (Fsp3) is 0.417. The van der Waals surface area contributed by atoms with E-state index >= 15 is 0 Å². The highest BCUT2D eigenvalue weighted by Crippen LogP contribution is 2.28. The first-order chi connectivity index (χ1) is 13.4. The quantitative estimate of drug-likeness (QED) is 0.233. The third-order valence-electron chi connectivity index (χ3n) is 5.17. The van der Waals surface area contributed by atoms with Crippen LogP contribution in [-0.4, -0.2) is 33.2 Å². The first-order valence-corrected chi connectivity index (χ1v) is 10.4. The van der Waals surface area contributed by atoms with Gasteiger partial charge in [0.1, 0.15) is 0 Å². The largest absolute Gasteiger partial charge is 0.320 e. The average molecular weight is 473 g/mol.